The molecule has 0 spiro atoms. The Balaban J connectivity index is 2.42. The van der Waals surface area contributed by atoms with E-state index >= 15 is 0 Å². The van der Waals surface area contributed by atoms with Crippen LogP contribution in [0.4, 0.5) is 0 Å². The molecule has 0 atom stereocenters. The number of hydrogen-bond donors (Lipinski definition) is 0. The van der Waals surface area contributed by atoms with E-state index in [0.29, 0.717) is 11.3 Å². The van der Waals surface area contributed by atoms with E-state index in [4.69, 9.17) is 4.74 Å². The van der Waals surface area contributed by atoms with Crippen LogP contribution in [0.3, 0.4) is 0 Å². The molecule has 5 heteroatoms. The fourth-order valence-electron chi connectivity index (χ4n) is 2.36. The summed E-state index contributed by atoms with van der Waals surface area (Å²) in [5, 5.41) is 0. The van der Waals surface area contributed by atoms with E-state index in [9.17, 15) is 13.2 Å². The summed E-state index contributed by atoms with van der Waals surface area (Å²) in [5.74, 6) is -0.0387. The minimum Gasteiger partial charge on any atom is -0.422 e. The van der Waals surface area contributed by atoms with Crippen molar-refractivity contribution in [3.8, 4) is 5.75 Å². The maximum absolute atomic E-state index is 12.4. The van der Waals surface area contributed by atoms with Crippen LogP contribution < -0.4 is 4.74 Å². The Bertz CT molecular complexity index is 880. The fraction of sp³-hybridized carbons (Fsp3) is 0.278. The molecular formula is C18H20O4S. The van der Waals surface area contributed by atoms with Crippen LogP contribution in [0.1, 0.15) is 32.6 Å². The molecule has 23 heavy (non-hydrogen) atoms. The molecule has 0 N–H and O–H groups in total. The van der Waals surface area contributed by atoms with Gasteiger partial charge in [-0.25, -0.2) is 13.2 Å². The molecule has 0 unspecified atom stereocenters. The summed E-state index contributed by atoms with van der Waals surface area (Å²) >= 11 is 0. The fourth-order valence-corrected chi connectivity index (χ4v) is 3.35. The SMILES string of the molecule is Cc1ccc(C(=O)Oc2c(C)ccc(C)c2C)cc1S(C)(=O)=O. The second-order valence-corrected chi connectivity index (χ2v) is 7.78. The lowest BCUT2D eigenvalue weighted by Gasteiger charge is -2.13. The maximum Gasteiger partial charge on any atom is 0.343 e. The van der Waals surface area contributed by atoms with Gasteiger partial charge in [-0.2, -0.15) is 0 Å². The van der Waals surface area contributed by atoms with Crippen LogP contribution in [0.15, 0.2) is 35.2 Å². The van der Waals surface area contributed by atoms with E-state index in [0.717, 1.165) is 22.9 Å². The second-order valence-electron chi connectivity index (χ2n) is 5.80. The molecule has 0 saturated heterocycles. The van der Waals surface area contributed by atoms with Crippen LogP contribution in [0.5, 0.6) is 5.75 Å². The average Bonchev–Trinajstić information content (AvgIpc) is 2.46. The van der Waals surface area contributed by atoms with E-state index in [1.807, 2.05) is 32.9 Å². The zero-order valence-corrected chi connectivity index (χ0v) is 14.7. The van der Waals surface area contributed by atoms with Gasteiger partial charge in [-0.1, -0.05) is 18.2 Å². The van der Waals surface area contributed by atoms with Gasteiger partial charge in [0.2, 0.25) is 0 Å². The summed E-state index contributed by atoms with van der Waals surface area (Å²) in [6.45, 7) is 7.40. The molecule has 0 bridgehead atoms. The monoisotopic (exact) mass is 332 g/mol. The molecule has 0 radical (unpaired) electrons. The summed E-state index contributed by atoms with van der Waals surface area (Å²) < 4.78 is 29.1. The van der Waals surface area contributed by atoms with Crippen LogP contribution in [0.2, 0.25) is 0 Å². The molecule has 2 aromatic rings. The van der Waals surface area contributed by atoms with Gasteiger partial charge in [-0.15, -0.1) is 0 Å². The lowest BCUT2D eigenvalue weighted by molar-refractivity contribution is 0.0732. The van der Waals surface area contributed by atoms with E-state index in [-0.39, 0.29) is 10.5 Å². The van der Waals surface area contributed by atoms with Gasteiger partial charge in [0.05, 0.1) is 10.5 Å². The Hall–Kier alpha value is -2.14. The molecule has 4 nitrogen and oxygen atoms in total. The van der Waals surface area contributed by atoms with Crippen LogP contribution in [0, 0.1) is 27.7 Å². The van der Waals surface area contributed by atoms with Crippen LogP contribution in [0.25, 0.3) is 0 Å². The van der Waals surface area contributed by atoms with Crippen molar-refractivity contribution in [2.24, 2.45) is 0 Å². The lowest BCUT2D eigenvalue weighted by atomic mass is 10.1. The van der Waals surface area contributed by atoms with Crippen LogP contribution in [-0.4, -0.2) is 20.6 Å². The molecule has 0 heterocycles. The second kappa shape index (κ2) is 6.16. The first-order valence-electron chi connectivity index (χ1n) is 7.21. The predicted octanol–water partition coefficient (Wildman–Crippen LogP) is 3.54. The first kappa shape index (κ1) is 17.2. The van der Waals surface area contributed by atoms with E-state index in [1.165, 1.54) is 6.07 Å². The van der Waals surface area contributed by atoms with Crippen molar-refractivity contribution >= 4 is 15.8 Å². The molecule has 2 aromatic carbocycles. The third-order valence-electron chi connectivity index (χ3n) is 3.89. The van der Waals surface area contributed by atoms with Crippen molar-refractivity contribution in [1.29, 1.82) is 0 Å². The molecule has 0 saturated carbocycles. The van der Waals surface area contributed by atoms with E-state index in [1.54, 1.807) is 19.1 Å². The number of esters is 1. The minimum absolute atomic E-state index is 0.143. The van der Waals surface area contributed by atoms with Crippen molar-refractivity contribution in [3.05, 3.63) is 58.1 Å². The predicted molar refractivity (Wildman–Crippen MR) is 89.9 cm³/mol. The summed E-state index contributed by atoms with van der Waals surface area (Å²) in [7, 11) is -3.39. The largest absolute Gasteiger partial charge is 0.422 e. The quantitative estimate of drug-likeness (QED) is 0.637. The van der Waals surface area contributed by atoms with Gasteiger partial charge in [0.1, 0.15) is 5.75 Å². The zero-order valence-electron chi connectivity index (χ0n) is 13.9. The van der Waals surface area contributed by atoms with Gasteiger partial charge in [-0.05, 0) is 62.1 Å². The molecule has 122 valence electrons. The number of rotatable bonds is 3. The summed E-state index contributed by atoms with van der Waals surface area (Å²) in [5.41, 5.74) is 3.60. The highest BCUT2D eigenvalue weighted by atomic mass is 32.2. The number of carbonyl (C=O) groups excluding carboxylic acids is 1. The smallest absolute Gasteiger partial charge is 0.343 e. The molecule has 0 aliphatic rings. The minimum atomic E-state index is -3.39. The molecule has 0 aliphatic heterocycles. The number of benzene rings is 2. The number of ether oxygens (including phenoxy) is 1. The third kappa shape index (κ3) is 3.62. The summed E-state index contributed by atoms with van der Waals surface area (Å²) in [6.07, 6.45) is 1.12. The third-order valence-corrected chi connectivity index (χ3v) is 5.13. The topological polar surface area (TPSA) is 60.4 Å². The molecule has 0 aliphatic carbocycles. The summed E-state index contributed by atoms with van der Waals surface area (Å²) in [4.78, 5) is 12.5. The first-order chi connectivity index (χ1) is 10.6. The summed E-state index contributed by atoms with van der Waals surface area (Å²) in [6, 6.07) is 8.42. The number of hydrogen-bond acceptors (Lipinski definition) is 4. The average molecular weight is 332 g/mol. The molecular weight excluding hydrogens is 312 g/mol. The standard InChI is InChI=1S/C18H20O4S/c1-11-6-7-13(3)17(14(11)4)22-18(19)15-9-8-12(2)16(10-15)23(5,20)21/h6-10H,1-5H3. The Morgan fingerprint density at radius 2 is 1.48 bits per heavy atom. The van der Waals surface area contributed by atoms with Crippen LogP contribution in [-0.2, 0) is 9.84 Å². The van der Waals surface area contributed by atoms with Crippen molar-refractivity contribution in [1.82, 2.24) is 0 Å². The molecule has 2 rings (SSSR count). The lowest BCUT2D eigenvalue weighted by Crippen LogP contribution is -2.12. The van der Waals surface area contributed by atoms with Crippen LogP contribution >= 0.6 is 0 Å². The van der Waals surface area contributed by atoms with Gasteiger partial charge < -0.3 is 4.74 Å². The Morgan fingerprint density at radius 1 is 0.913 bits per heavy atom. The maximum atomic E-state index is 12.4. The highest BCUT2D eigenvalue weighted by Crippen LogP contribution is 2.27. The Labute approximate surface area is 137 Å². The number of carbonyl (C=O) groups is 1. The van der Waals surface area contributed by atoms with Crippen molar-refractivity contribution in [2.45, 2.75) is 32.6 Å². The Kier molecular flexibility index (Phi) is 4.61. The number of aryl methyl sites for hydroxylation is 3. The Morgan fingerprint density at radius 3 is 2.09 bits per heavy atom. The van der Waals surface area contributed by atoms with Gasteiger partial charge in [0.15, 0.2) is 9.84 Å². The highest BCUT2D eigenvalue weighted by molar-refractivity contribution is 7.90. The van der Waals surface area contributed by atoms with Crippen molar-refractivity contribution in [3.63, 3.8) is 0 Å². The van der Waals surface area contributed by atoms with Gasteiger partial charge in [-0.3, -0.25) is 0 Å². The molecule has 0 aromatic heterocycles. The first-order valence-corrected chi connectivity index (χ1v) is 9.10. The van der Waals surface area contributed by atoms with Crippen molar-refractivity contribution < 1.29 is 17.9 Å². The molecule has 0 fully saturated rings. The van der Waals surface area contributed by atoms with E-state index < -0.39 is 15.8 Å². The highest BCUT2D eigenvalue weighted by Gasteiger charge is 2.17. The van der Waals surface area contributed by atoms with Gasteiger partial charge >= 0.3 is 5.97 Å². The molecule has 0 amide bonds. The normalized spacial score (nSPS) is 11.3. The zero-order chi connectivity index (χ0) is 17.4. The van der Waals surface area contributed by atoms with Gasteiger partial charge in [0.25, 0.3) is 0 Å². The van der Waals surface area contributed by atoms with Gasteiger partial charge in [0, 0.05) is 6.26 Å². The number of sulfone groups is 1. The van der Waals surface area contributed by atoms with Crippen molar-refractivity contribution in [2.75, 3.05) is 6.26 Å². The van der Waals surface area contributed by atoms with E-state index in [2.05, 4.69) is 0 Å².